The van der Waals surface area contributed by atoms with Crippen LogP contribution >= 0.6 is 14.2 Å². The first-order valence-electron chi connectivity index (χ1n) is 13.5. The summed E-state index contributed by atoms with van der Waals surface area (Å²) in [5.41, 5.74) is 12.2. The zero-order valence-electron chi connectivity index (χ0n) is 22.9. The number of nitrogens with zero attached hydrogens (tertiary/aromatic N) is 7. The van der Waals surface area contributed by atoms with E-state index in [-0.39, 0.29) is 12.4 Å². The highest BCUT2D eigenvalue weighted by Gasteiger charge is 2.65. The van der Waals surface area contributed by atoms with Crippen LogP contribution in [-0.2, 0) is 48.7 Å². The van der Waals surface area contributed by atoms with Crippen molar-refractivity contribution in [2.75, 3.05) is 31.3 Å². The Labute approximate surface area is 259 Å². The van der Waals surface area contributed by atoms with Crippen molar-refractivity contribution in [1.29, 1.82) is 0 Å². The summed E-state index contributed by atoms with van der Waals surface area (Å²) in [4.78, 5) is 32.2. The van der Waals surface area contributed by atoms with E-state index in [1.54, 1.807) is 10.6 Å². The largest absolute Gasteiger partial charge is 0.397 e. The molecule has 19 nitrogen and oxygen atoms in total. The number of hydrogen-bond donors (Lipinski definition) is 4. The first kappa shape index (κ1) is 29.7. The summed E-state index contributed by atoms with van der Waals surface area (Å²) in [7, 11) is 1.71. The standard InChI is InChI=1S/C22H24BN9O10P2S/c23-43(34)37-3-10-14(13(33)20(39-10)31-7-29-11-9(24)1-2-26-18(11)31)41-44(35,45)38-5-22-4-36-15(16(22)42-43)21(40-22)32-8-30-12-17(25)27-6-28-19(12)32/h1-2,6-8,10,13-16,20-21,33H,3-5H2,(H2,24,26)(H,35,45)(H2,25,27,28)/t10-,13+,14?,15?,16-,20-,21-,22-,43?,44?/m1/s1. The van der Waals surface area contributed by atoms with Crippen molar-refractivity contribution < 1.29 is 46.9 Å². The van der Waals surface area contributed by atoms with E-state index in [0.717, 1.165) is 0 Å². The molecule has 8 rings (SSSR count). The molecule has 23 heteroatoms. The summed E-state index contributed by atoms with van der Waals surface area (Å²) < 4.78 is 58.0. The lowest BCUT2D eigenvalue weighted by Crippen LogP contribution is -2.46. The Hall–Kier alpha value is -2.65. The van der Waals surface area contributed by atoms with Gasteiger partial charge in [-0.15, -0.1) is 0 Å². The van der Waals surface area contributed by atoms with Crippen LogP contribution in [0.5, 0.6) is 0 Å². The molecule has 2 bridgehead atoms. The van der Waals surface area contributed by atoms with E-state index in [1.807, 2.05) is 0 Å². The van der Waals surface area contributed by atoms with Crippen LogP contribution in [0.3, 0.4) is 0 Å². The minimum Gasteiger partial charge on any atom is -0.397 e. The number of aliphatic hydroxyl groups is 1. The molecule has 2 radical (unpaired) electrons. The highest BCUT2D eigenvalue weighted by molar-refractivity contribution is 8.07. The van der Waals surface area contributed by atoms with Gasteiger partial charge in [0.1, 0.15) is 53.5 Å². The average Bonchev–Trinajstić information content (AvgIpc) is 3.80. The summed E-state index contributed by atoms with van der Waals surface area (Å²) in [6, 6.07) is 1.58. The van der Waals surface area contributed by atoms with Gasteiger partial charge in [0, 0.05) is 6.20 Å². The number of pyridine rings is 1. The fourth-order valence-electron chi connectivity index (χ4n) is 6.03. The Kier molecular flexibility index (Phi) is 6.89. The molecule has 236 valence electrons. The monoisotopic (exact) mass is 679 g/mol. The van der Waals surface area contributed by atoms with Crippen molar-refractivity contribution in [2.24, 2.45) is 0 Å². The zero-order valence-corrected chi connectivity index (χ0v) is 25.5. The van der Waals surface area contributed by atoms with Crippen LogP contribution in [0.2, 0.25) is 0 Å². The summed E-state index contributed by atoms with van der Waals surface area (Å²) in [5, 5.41) is 11.3. The predicted octanol–water partition coefficient (Wildman–Crippen LogP) is -0.329. The van der Waals surface area contributed by atoms with Crippen LogP contribution in [0.4, 0.5) is 11.5 Å². The lowest BCUT2D eigenvalue weighted by Gasteiger charge is -2.34. The van der Waals surface area contributed by atoms with Crippen molar-refractivity contribution in [2.45, 2.75) is 48.6 Å². The normalized spacial score (nSPS) is 40.3. The Morgan fingerprint density at radius 3 is 2.58 bits per heavy atom. The van der Waals surface area contributed by atoms with Gasteiger partial charge in [-0.25, -0.2) is 24.9 Å². The number of nitrogens with two attached hydrogens (primary N) is 2. The van der Waals surface area contributed by atoms with Crippen molar-refractivity contribution >= 4 is 67.4 Å². The highest BCUT2D eigenvalue weighted by Crippen LogP contribution is 2.58. The molecule has 4 aliphatic heterocycles. The number of ether oxygens (including phenoxy) is 3. The number of anilines is 2. The summed E-state index contributed by atoms with van der Waals surface area (Å²) >= 11 is 5.34. The van der Waals surface area contributed by atoms with Crippen LogP contribution in [-0.4, -0.2) is 108 Å². The highest BCUT2D eigenvalue weighted by atomic mass is 32.5. The van der Waals surface area contributed by atoms with Crippen molar-refractivity contribution in [3.05, 3.63) is 31.2 Å². The van der Waals surface area contributed by atoms with E-state index in [4.69, 9.17) is 63.1 Å². The fourth-order valence-corrected chi connectivity index (χ4v) is 8.54. The third-order valence-corrected chi connectivity index (χ3v) is 10.7. The number of aliphatic hydroxyl groups excluding tert-OH is 1. The quantitative estimate of drug-likeness (QED) is 0.156. The fraction of sp³-hybridized carbons (Fsp3) is 0.500. The van der Waals surface area contributed by atoms with Crippen LogP contribution in [0.25, 0.3) is 22.3 Å². The van der Waals surface area contributed by atoms with E-state index in [1.165, 1.54) is 29.7 Å². The molecule has 4 aliphatic rings. The molecule has 4 aromatic rings. The molecule has 4 saturated heterocycles. The second kappa shape index (κ2) is 10.4. The van der Waals surface area contributed by atoms with Crippen LogP contribution in [0, 0.1) is 0 Å². The Morgan fingerprint density at radius 2 is 1.76 bits per heavy atom. The van der Waals surface area contributed by atoms with Crippen molar-refractivity contribution in [3.8, 4) is 0 Å². The van der Waals surface area contributed by atoms with Gasteiger partial charge in [0.05, 0.1) is 38.2 Å². The topological polar surface area (TPSA) is 248 Å². The predicted molar refractivity (Wildman–Crippen MR) is 156 cm³/mol. The van der Waals surface area contributed by atoms with E-state index in [0.29, 0.717) is 28.0 Å². The first-order valence-corrected chi connectivity index (χ1v) is 17.7. The van der Waals surface area contributed by atoms with Gasteiger partial charge in [0.2, 0.25) is 7.57 Å². The lowest BCUT2D eigenvalue weighted by atomic mass is 10.0. The summed E-state index contributed by atoms with van der Waals surface area (Å²) in [5.74, 6) is 0.156. The van der Waals surface area contributed by atoms with E-state index in [9.17, 15) is 14.6 Å². The van der Waals surface area contributed by atoms with Gasteiger partial charge in [-0.3, -0.25) is 18.2 Å². The van der Waals surface area contributed by atoms with Crippen molar-refractivity contribution in [3.63, 3.8) is 0 Å². The molecule has 10 atom stereocenters. The molecule has 0 amide bonds. The maximum absolute atomic E-state index is 13.6. The number of hydrogen-bond acceptors (Lipinski definition) is 17. The minimum absolute atomic E-state index is 0.110. The van der Waals surface area contributed by atoms with Gasteiger partial charge in [-0.1, -0.05) is 0 Å². The maximum Gasteiger partial charge on any atom is 0.325 e. The van der Waals surface area contributed by atoms with Crippen LogP contribution < -0.4 is 11.5 Å². The second-order valence-electron chi connectivity index (χ2n) is 10.9. The third kappa shape index (κ3) is 4.81. The van der Waals surface area contributed by atoms with Gasteiger partial charge in [0.25, 0.3) is 7.47 Å². The summed E-state index contributed by atoms with van der Waals surface area (Å²) in [6.45, 7) is -5.16. The number of aromatic nitrogens is 7. The Morgan fingerprint density at radius 1 is 1.00 bits per heavy atom. The molecule has 4 fully saturated rings. The molecule has 0 aromatic carbocycles. The van der Waals surface area contributed by atoms with Gasteiger partial charge < -0.3 is 49.2 Å². The van der Waals surface area contributed by atoms with Gasteiger partial charge in [-0.2, -0.15) is 0 Å². The van der Waals surface area contributed by atoms with Crippen LogP contribution in [0.15, 0.2) is 31.2 Å². The molecule has 4 aromatic heterocycles. The van der Waals surface area contributed by atoms with Gasteiger partial charge in [0.15, 0.2) is 29.6 Å². The van der Waals surface area contributed by atoms with E-state index >= 15 is 0 Å². The molecule has 0 aliphatic carbocycles. The number of nitrogen functional groups attached to an aromatic ring is 2. The van der Waals surface area contributed by atoms with E-state index < -0.39 is 76.0 Å². The number of imidazole rings is 2. The first-order chi connectivity index (χ1) is 21.5. The molecular formula is C22H24BN9O10P2S. The van der Waals surface area contributed by atoms with Crippen molar-refractivity contribution in [1.82, 2.24) is 34.1 Å². The SMILES string of the molecule is [B]P1(=O)OC[C@H]2O[C@@H](n3cnc4c(N)ccnc43)[C@@H](O)C2OP(O)(=S)OC[C@@]23COC([C@H](n4cnc5c(N)ncnc54)O2)[C@H]3O1. The molecular weight excluding hydrogens is 655 g/mol. The molecule has 45 heavy (non-hydrogen) atoms. The summed E-state index contributed by atoms with van der Waals surface area (Å²) in [6.07, 6.45) is -2.48. The number of rotatable bonds is 2. The average molecular weight is 679 g/mol. The molecule has 6 N–H and O–H groups in total. The minimum atomic E-state index is -4.37. The van der Waals surface area contributed by atoms with Crippen LogP contribution in [0.1, 0.15) is 12.5 Å². The van der Waals surface area contributed by atoms with E-state index in [2.05, 4.69) is 24.9 Å². The van der Waals surface area contributed by atoms with Gasteiger partial charge >= 0.3 is 6.72 Å². The second-order valence-corrected chi connectivity index (χ2v) is 15.2. The molecule has 4 unspecified atom stereocenters. The molecule has 0 spiro atoms. The molecule has 0 saturated carbocycles. The third-order valence-electron chi connectivity index (χ3n) is 8.12. The lowest BCUT2D eigenvalue weighted by molar-refractivity contribution is -0.183. The smallest absolute Gasteiger partial charge is 0.325 e. The molecule has 8 heterocycles. The Balaban J connectivity index is 1.10. The Bertz CT molecular complexity index is 1920. The maximum atomic E-state index is 13.6. The van der Waals surface area contributed by atoms with Gasteiger partial charge in [-0.05, 0) is 17.9 Å². The number of fused-ring (bicyclic) bond motifs is 3. The zero-order chi connectivity index (χ0) is 31.3.